The lowest BCUT2D eigenvalue weighted by Gasteiger charge is -2.14. The largest absolute Gasteiger partial charge is 0.489 e. The molecule has 0 aliphatic carbocycles. The van der Waals surface area contributed by atoms with Gasteiger partial charge in [-0.25, -0.2) is 0 Å². The summed E-state index contributed by atoms with van der Waals surface area (Å²) in [5.74, 6) is 1.48. The molecular formula is C20H32IN3O3. The molecule has 0 spiro atoms. The predicted molar refractivity (Wildman–Crippen MR) is 121 cm³/mol. The minimum Gasteiger partial charge on any atom is -0.489 e. The molecule has 0 radical (unpaired) electrons. The fraction of sp³-hybridized carbons (Fsp3) is 0.500. The van der Waals surface area contributed by atoms with Crippen molar-refractivity contribution in [3.63, 3.8) is 0 Å². The van der Waals surface area contributed by atoms with Crippen molar-refractivity contribution in [3.8, 4) is 5.75 Å². The van der Waals surface area contributed by atoms with Crippen LogP contribution >= 0.6 is 24.0 Å². The number of carbonyl (C=O) groups is 1. The minimum absolute atomic E-state index is 0. The van der Waals surface area contributed by atoms with Gasteiger partial charge in [-0.3, -0.25) is 9.79 Å². The second-order valence-electron chi connectivity index (χ2n) is 5.80. The van der Waals surface area contributed by atoms with E-state index in [1.54, 1.807) is 13.1 Å². The van der Waals surface area contributed by atoms with E-state index in [2.05, 4.69) is 26.9 Å². The molecule has 2 N–H and O–H groups in total. The highest BCUT2D eigenvalue weighted by atomic mass is 127. The minimum atomic E-state index is -0.134. The van der Waals surface area contributed by atoms with Gasteiger partial charge in [-0.15, -0.1) is 24.0 Å². The third-order valence-corrected chi connectivity index (χ3v) is 3.83. The summed E-state index contributed by atoms with van der Waals surface area (Å²) in [6.45, 7) is 5.63. The Labute approximate surface area is 179 Å². The van der Waals surface area contributed by atoms with Crippen LogP contribution in [0.4, 0.5) is 0 Å². The normalized spacial score (nSPS) is 10.5. The van der Waals surface area contributed by atoms with E-state index in [9.17, 15) is 4.79 Å². The van der Waals surface area contributed by atoms with Crippen LogP contribution in [-0.4, -0.2) is 39.2 Å². The molecule has 0 fully saturated rings. The first-order valence-corrected chi connectivity index (χ1v) is 9.04. The van der Waals surface area contributed by atoms with Gasteiger partial charge in [0.25, 0.3) is 0 Å². The van der Waals surface area contributed by atoms with E-state index >= 15 is 0 Å². The average molecular weight is 489 g/mol. The van der Waals surface area contributed by atoms with Crippen molar-refractivity contribution in [2.24, 2.45) is 4.99 Å². The molecule has 0 unspecified atom stereocenters. The number of ether oxygens (including phenoxy) is 2. The Balaban J connectivity index is 0.00000676. The molecule has 27 heavy (non-hydrogen) atoms. The van der Waals surface area contributed by atoms with Crippen molar-refractivity contribution < 1.29 is 14.3 Å². The highest BCUT2D eigenvalue weighted by Gasteiger charge is 2.04. The summed E-state index contributed by atoms with van der Waals surface area (Å²) in [4.78, 5) is 15.3. The van der Waals surface area contributed by atoms with E-state index in [0.717, 1.165) is 49.5 Å². The van der Waals surface area contributed by atoms with Crippen LogP contribution in [0.5, 0.6) is 5.75 Å². The number of para-hydroxylation sites is 1. The number of benzene rings is 1. The topological polar surface area (TPSA) is 72.0 Å². The summed E-state index contributed by atoms with van der Waals surface area (Å²) in [5.41, 5.74) is 1.07. The molecule has 0 bridgehead atoms. The number of nitrogens with zero attached hydrogens (tertiary/aromatic N) is 1. The van der Waals surface area contributed by atoms with Crippen molar-refractivity contribution in [2.45, 2.75) is 38.6 Å². The summed E-state index contributed by atoms with van der Waals surface area (Å²) in [7, 11) is 3.18. The monoisotopic (exact) mass is 489 g/mol. The molecule has 7 heteroatoms. The molecule has 0 amide bonds. The van der Waals surface area contributed by atoms with Crippen LogP contribution in [0.25, 0.3) is 0 Å². The second-order valence-corrected chi connectivity index (χ2v) is 5.80. The molecular weight excluding hydrogens is 457 g/mol. The fourth-order valence-corrected chi connectivity index (χ4v) is 2.40. The summed E-state index contributed by atoms with van der Waals surface area (Å²) in [6, 6.07) is 7.92. The van der Waals surface area contributed by atoms with Crippen LogP contribution in [-0.2, 0) is 16.1 Å². The Morgan fingerprint density at radius 1 is 1.19 bits per heavy atom. The Kier molecular flexibility index (Phi) is 15.3. The number of carbonyl (C=O) groups excluding carboxylic acids is 1. The molecule has 0 heterocycles. The van der Waals surface area contributed by atoms with Gasteiger partial charge in [0.15, 0.2) is 5.96 Å². The van der Waals surface area contributed by atoms with E-state index < -0.39 is 0 Å². The van der Waals surface area contributed by atoms with Crippen LogP contribution in [0.15, 0.2) is 41.9 Å². The van der Waals surface area contributed by atoms with Crippen molar-refractivity contribution >= 4 is 35.9 Å². The van der Waals surface area contributed by atoms with E-state index in [0.29, 0.717) is 19.6 Å². The number of guanidine groups is 1. The Morgan fingerprint density at radius 2 is 1.93 bits per heavy atom. The summed E-state index contributed by atoms with van der Waals surface area (Å²) in [6.07, 6.45) is 6.23. The maximum absolute atomic E-state index is 11.0. The molecule has 0 aliphatic heterocycles. The lowest BCUT2D eigenvalue weighted by molar-refractivity contribution is -0.140. The van der Waals surface area contributed by atoms with Crippen LogP contribution < -0.4 is 15.4 Å². The van der Waals surface area contributed by atoms with Gasteiger partial charge < -0.3 is 20.1 Å². The first-order chi connectivity index (χ1) is 12.7. The molecule has 1 aromatic carbocycles. The Bertz CT molecular complexity index is 579. The summed E-state index contributed by atoms with van der Waals surface area (Å²) < 4.78 is 10.3. The van der Waals surface area contributed by atoms with E-state index in [1.807, 2.05) is 24.3 Å². The Hall–Kier alpha value is -1.77. The Morgan fingerprint density at radius 3 is 2.63 bits per heavy atom. The van der Waals surface area contributed by atoms with Gasteiger partial charge in [0, 0.05) is 32.1 Å². The zero-order valence-corrected chi connectivity index (χ0v) is 18.7. The smallest absolute Gasteiger partial charge is 0.305 e. The van der Waals surface area contributed by atoms with Crippen molar-refractivity contribution in [3.05, 3.63) is 42.5 Å². The molecule has 0 aromatic heterocycles. The number of hydrogen-bond donors (Lipinski definition) is 2. The molecule has 1 aromatic rings. The maximum atomic E-state index is 11.0. The number of nitrogens with one attached hydrogen (secondary N) is 2. The number of unbranched alkanes of at least 4 members (excludes halogenated alkanes) is 3. The highest BCUT2D eigenvalue weighted by molar-refractivity contribution is 14.0. The maximum Gasteiger partial charge on any atom is 0.305 e. The van der Waals surface area contributed by atoms with Gasteiger partial charge >= 0.3 is 5.97 Å². The third-order valence-electron chi connectivity index (χ3n) is 3.83. The van der Waals surface area contributed by atoms with Gasteiger partial charge in [-0.2, -0.15) is 0 Å². The van der Waals surface area contributed by atoms with Crippen molar-refractivity contribution in [1.82, 2.24) is 10.6 Å². The van der Waals surface area contributed by atoms with Crippen molar-refractivity contribution in [1.29, 1.82) is 0 Å². The van der Waals surface area contributed by atoms with Crippen molar-refractivity contribution in [2.75, 3.05) is 27.3 Å². The SMILES string of the molecule is C=CCOc1ccccc1CNC(=NC)NCCCCCCC(=O)OC.I. The molecule has 0 atom stereocenters. The van der Waals surface area contributed by atoms with Crippen LogP contribution in [0, 0.1) is 0 Å². The van der Waals surface area contributed by atoms with E-state index in [-0.39, 0.29) is 29.9 Å². The van der Waals surface area contributed by atoms with Gasteiger partial charge in [0.1, 0.15) is 12.4 Å². The van der Waals surface area contributed by atoms with Crippen LogP contribution in [0.2, 0.25) is 0 Å². The zero-order valence-electron chi connectivity index (χ0n) is 16.3. The predicted octanol–water partition coefficient (Wildman–Crippen LogP) is 3.66. The standard InChI is InChI=1S/C20H31N3O3.HI/c1-4-15-26-18-12-9-8-11-17(18)16-23-20(21-2)22-14-10-6-5-7-13-19(24)25-3;/h4,8-9,11-12H,1,5-7,10,13-16H2,2-3H3,(H2,21,22,23);1H. The number of hydrogen-bond acceptors (Lipinski definition) is 4. The number of rotatable bonds is 12. The lowest BCUT2D eigenvalue weighted by atomic mass is 10.1. The first-order valence-electron chi connectivity index (χ1n) is 9.04. The summed E-state index contributed by atoms with van der Waals surface area (Å²) >= 11 is 0. The lowest BCUT2D eigenvalue weighted by Crippen LogP contribution is -2.37. The molecule has 1 rings (SSSR count). The molecule has 0 saturated heterocycles. The van der Waals surface area contributed by atoms with Gasteiger partial charge in [0.05, 0.1) is 7.11 Å². The number of halogens is 1. The highest BCUT2D eigenvalue weighted by Crippen LogP contribution is 2.17. The summed E-state index contributed by atoms with van der Waals surface area (Å²) in [5, 5.41) is 6.60. The van der Waals surface area contributed by atoms with Crippen LogP contribution in [0.1, 0.15) is 37.7 Å². The van der Waals surface area contributed by atoms with E-state index in [1.165, 1.54) is 7.11 Å². The second kappa shape index (κ2) is 16.4. The third kappa shape index (κ3) is 11.5. The fourth-order valence-electron chi connectivity index (χ4n) is 2.40. The molecule has 0 aliphatic rings. The van der Waals surface area contributed by atoms with Gasteiger partial charge in [0.2, 0.25) is 0 Å². The first kappa shape index (κ1) is 25.2. The number of aliphatic imine (C=N–C) groups is 1. The molecule has 152 valence electrons. The van der Waals surface area contributed by atoms with Gasteiger partial charge in [-0.1, -0.05) is 43.7 Å². The quantitative estimate of drug-likeness (QED) is 0.117. The van der Waals surface area contributed by atoms with Crippen LogP contribution in [0.3, 0.4) is 0 Å². The molecule has 6 nitrogen and oxygen atoms in total. The zero-order chi connectivity index (χ0) is 19.0. The number of esters is 1. The van der Waals surface area contributed by atoms with E-state index in [4.69, 9.17) is 4.74 Å². The average Bonchev–Trinajstić information content (AvgIpc) is 2.68. The molecule has 0 saturated carbocycles. The van der Waals surface area contributed by atoms with Gasteiger partial charge in [-0.05, 0) is 18.9 Å². The number of methoxy groups -OCH3 is 1.